The molecule has 0 unspecified atom stereocenters. The molecule has 0 aliphatic rings. The molecule has 0 aliphatic carbocycles. The molecule has 3 N–H and O–H groups in total. The van der Waals surface area contributed by atoms with Crippen LogP contribution in [0.1, 0.15) is 0 Å². The number of nitrogens with one attached hydrogen (secondary N) is 2. The smallest absolute Gasteiger partial charge is 0.227 e. The van der Waals surface area contributed by atoms with Crippen LogP contribution in [0.2, 0.25) is 0 Å². The predicted octanol–water partition coefficient (Wildman–Crippen LogP) is -0.736. The van der Waals surface area contributed by atoms with E-state index in [0.29, 0.717) is 11.6 Å². The van der Waals surface area contributed by atoms with E-state index in [-0.39, 0.29) is 0 Å². The number of hydroxylamine groups is 1. The molecule has 0 bridgehead atoms. The van der Waals surface area contributed by atoms with E-state index >= 15 is 0 Å². The van der Waals surface area contributed by atoms with Crippen LogP contribution in [0.15, 0.2) is 30.6 Å². The van der Waals surface area contributed by atoms with E-state index in [4.69, 9.17) is 0 Å². The van der Waals surface area contributed by atoms with Crippen LogP contribution in [-0.4, -0.2) is 38.1 Å². The molecule has 0 amide bonds. The van der Waals surface area contributed by atoms with Crippen molar-refractivity contribution in [3.05, 3.63) is 30.6 Å². The minimum Gasteiger partial charge on any atom is -0.432 e. The fourth-order valence-corrected chi connectivity index (χ4v) is 1.68. The molecule has 0 radical (unpaired) electrons. The molecule has 0 saturated heterocycles. The molecule has 0 spiro atoms. The van der Waals surface area contributed by atoms with Gasteiger partial charge in [-0.2, -0.15) is 0 Å². The highest BCUT2D eigenvalue weighted by molar-refractivity contribution is 6.31. The van der Waals surface area contributed by atoms with Crippen LogP contribution in [0, 0.1) is 0 Å². The van der Waals surface area contributed by atoms with Crippen LogP contribution in [0.25, 0.3) is 0 Å². The average Bonchev–Trinajstić information content (AvgIpc) is 2.41. The largest absolute Gasteiger partial charge is 0.432 e. The Morgan fingerprint density at radius 1 is 1.26 bits per heavy atom. The molecule has 2 aromatic rings. The highest BCUT2D eigenvalue weighted by Gasteiger charge is 2.06. The van der Waals surface area contributed by atoms with E-state index in [2.05, 4.69) is 20.5 Å². The van der Waals surface area contributed by atoms with E-state index < -0.39 is 0 Å². The van der Waals surface area contributed by atoms with Gasteiger partial charge in [-0.05, 0) is 18.2 Å². The van der Waals surface area contributed by atoms with Crippen molar-refractivity contribution in [3.8, 4) is 0 Å². The lowest BCUT2D eigenvalue weighted by Crippen LogP contribution is -2.12. The number of nitrogens with zero attached hydrogens (tertiary/aromatic N) is 3. The summed E-state index contributed by atoms with van der Waals surface area (Å²) in [7, 11) is 5.32. The van der Waals surface area contributed by atoms with Gasteiger partial charge in [0.05, 0.1) is 5.69 Å². The number of hydrogen-bond donors (Lipinski definition) is 3. The Morgan fingerprint density at radius 2 is 1.95 bits per heavy atom. The maximum atomic E-state index is 9.50. The quantitative estimate of drug-likeness (QED) is 0.493. The van der Waals surface area contributed by atoms with Gasteiger partial charge in [0.25, 0.3) is 0 Å². The zero-order valence-electron chi connectivity index (χ0n) is 11.2. The molecule has 96 valence electrons. The van der Waals surface area contributed by atoms with E-state index in [1.807, 2.05) is 26.0 Å². The Kier molecular flexibility index (Phi) is 3.91. The summed E-state index contributed by atoms with van der Waals surface area (Å²) in [5.74, 6) is 0.540. The standard InChI is InChI=1S/C11H15B2N5O/c1-18(19)10-3-2-8(4-9(10)17-13)16-11-14-5-7(12)6-15-11/h2-6,17,19H,12-13H2,1H3,(H,14,15,16). The molecule has 2 rings (SSSR count). The topological polar surface area (TPSA) is 73.3 Å². The first kappa shape index (κ1) is 13.2. The monoisotopic (exact) mass is 255 g/mol. The van der Waals surface area contributed by atoms with E-state index in [9.17, 15) is 5.21 Å². The third-order valence-electron chi connectivity index (χ3n) is 2.65. The van der Waals surface area contributed by atoms with Gasteiger partial charge in [-0.25, -0.2) is 9.97 Å². The van der Waals surface area contributed by atoms with Crippen molar-refractivity contribution in [3.63, 3.8) is 0 Å². The third kappa shape index (κ3) is 3.17. The third-order valence-corrected chi connectivity index (χ3v) is 2.65. The summed E-state index contributed by atoms with van der Waals surface area (Å²) in [5.41, 5.74) is 3.36. The number of hydrogen-bond acceptors (Lipinski definition) is 6. The molecule has 19 heavy (non-hydrogen) atoms. The molecule has 0 aliphatic heterocycles. The number of anilines is 4. The highest BCUT2D eigenvalue weighted by atomic mass is 16.5. The van der Waals surface area contributed by atoms with Crippen LogP contribution in [-0.2, 0) is 0 Å². The summed E-state index contributed by atoms with van der Waals surface area (Å²) >= 11 is 0. The minimum atomic E-state index is 0.540. The lowest BCUT2D eigenvalue weighted by atomic mass is 10.0. The molecule has 1 heterocycles. The van der Waals surface area contributed by atoms with Gasteiger partial charge in [-0.15, -0.1) is 0 Å². The van der Waals surface area contributed by atoms with E-state index in [1.165, 1.54) is 0 Å². The van der Waals surface area contributed by atoms with Crippen molar-refractivity contribution in [1.29, 1.82) is 0 Å². The highest BCUT2D eigenvalue weighted by Crippen LogP contribution is 2.28. The van der Waals surface area contributed by atoms with Gasteiger partial charge in [-0.3, -0.25) is 10.3 Å². The first-order chi connectivity index (χ1) is 9.10. The number of aromatic nitrogens is 2. The van der Waals surface area contributed by atoms with Crippen molar-refractivity contribution in [2.75, 3.05) is 22.7 Å². The van der Waals surface area contributed by atoms with Crippen LogP contribution < -0.4 is 21.1 Å². The summed E-state index contributed by atoms with van der Waals surface area (Å²) in [6.07, 6.45) is 3.51. The van der Waals surface area contributed by atoms with Crippen LogP contribution in [0.3, 0.4) is 0 Å². The molecule has 6 nitrogen and oxygen atoms in total. The Labute approximate surface area is 113 Å². The molecule has 1 aromatic heterocycles. The SMILES string of the molecule is BNc1cc(Nc2ncc(B)cn2)ccc1N(C)O. The summed E-state index contributed by atoms with van der Waals surface area (Å²) < 4.78 is 0. The Balaban J connectivity index is 2.24. The van der Waals surface area contributed by atoms with Crippen LogP contribution >= 0.6 is 0 Å². The normalized spacial score (nSPS) is 10.0. The summed E-state index contributed by atoms with van der Waals surface area (Å²) in [6, 6.07) is 5.54. The lowest BCUT2D eigenvalue weighted by Gasteiger charge is -2.17. The van der Waals surface area contributed by atoms with Crippen molar-refractivity contribution < 1.29 is 5.21 Å². The van der Waals surface area contributed by atoms with E-state index in [0.717, 1.165) is 21.9 Å². The maximum Gasteiger partial charge on any atom is 0.227 e. The predicted molar refractivity (Wildman–Crippen MR) is 82.3 cm³/mol. The van der Waals surface area contributed by atoms with Crippen molar-refractivity contribution in [1.82, 2.24) is 9.97 Å². The zero-order valence-corrected chi connectivity index (χ0v) is 11.2. The second-order valence-corrected chi connectivity index (χ2v) is 4.21. The first-order valence-corrected chi connectivity index (χ1v) is 5.90. The van der Waals surface area contributed by atoms with Gasteiger partial charge < -0.3 is 10.5 Å². The molecule has 8 heteroatoms. The molecule has 0 fully saturated rings. The van der Waals surface area contributed by atoms with Crippen LogP contribution in [0.5, 0.6) is 0 Å². The molecular weight excluding hydrogens is 240 g/mol. The number of benzene rings is 1. The molecule has 0 atom stereocenters. The lowest BCUT2D eigenvalue weighted by molar-refractivity contribution is 0.280. The van der Waals surface area contributed by atoms with E-state index in [1.54, 1.807) is 27.4 Å². The van der Waals surface area contributed by atoms with Gasteiger partial charge >= 0.3 is 0 Å². The van der Waals surface area contributed by atoms with Crippen molar-refractivity contribution >= 4 is 44.3 Å². The average molecular weight is 255 g/mol. The van der Waals surface area contributed by atoms with Crippen molar-refractivity contribution in [2.24, 2.45) is 0 Å². The fraction of sp³-hybridized carbons (Fsp3) is 0.0909. The molecular formula is C11H15B2N5O. The summed E-state index contributed by atoms with van der Waals surface area (Å²) in [6.45, 7) is 0. The second-order valence-electron chi connectivity index (χ2n) is 4.21. The van der Waals surface area contributed by atoms with Gasteiger partial charge in [0.15, 0.2) is 0 Å². The Hall–Kier alpha value is -2.21. The Morgan fingerprint density at radius 3 is 2.53 bits per heavy atom. The second kappa shape index (κ2) is 5.62. The van der Waals surface area contributed by atoms with Gasteiger partial charge in [0.1, 0.15) is 7.85 Å². The van der Waals surface area contributed by atoms with Gasteiger partial charge in [0, 0.05) is 30.8 Å². The number of rotatable bonds is 4. The zero-order chi connectivity index (χ0) is 13.8. The molecule has 0 saturated carbocycles. The summed E-state index contributed by atoms with van der Waals surface area (Å²) in [5, 5.41) is 16.7. The van der Waals surface area contributed by atoms with Crippen molar-refractivity contribution in [2.45, 2.75) is 0 Å². The minimum absolute atomic E-state index is 0.540. The van der Waals surface area contributed by atoms with Gasteiger partial charge in [-0.1, -0.05) is 5.46 Å². The molecule has 1 aromatic carbocycles. The fourth-order valence-electron chi connectivity index (χ4n) is 1.68. The van der Waals surface area contributed by atoms with Gasteiger partial charge in [0.2, 0.25) is 13.9 Å². The first-order valence-electron chi connectivity index (χ1n) is 5.90. The summed E-state index contributed by atoms with van der Waals surface area (Å²) in [4.78, 5) is 8.37. The maximum absolute atomic E-state index is 9.50. The Bertz CT molecular complexity index is 562. The van der Waals surface area contributed by atoms with Crippen LogP contribution in [0.4, 0.5) is 23.0 Å².